The molecule has 0 radical (unpaired) electrons. The summed E-state index contributed by atoms with van der Waals surface area (Å²) in [6.07, 6.45) is 1.88. The Hall–Kier alpha value is -4.86. The first-order chi connectivity index (χ1) is 19.6. The molecule has 4 aromatic carbocycles. The molecule has 9 heteroatoms. The smallest absolute Gasteiger partial charge is 0.269 e. The number of hydrogen-bond donors (Lipinski definition) is 1. The normalized spacial score (nSPS) is 12.9. The Kier molecular flexibility index (Phi) is 8.55. The van der Waals surface area contributed by atoms with Crippen LogP contribution in [-0.4, -0.2) is 34.8 Å². The zero-order chi connectivity index (χ0) is 27.7. The van der Waals surface area contributed by atoms with Gasteiger partial charge in [-0.15, -0.1) is 5.06 Å². The Morgan fingerprint density at radius 3 is 2.08 bits per heavy atom. The van der Waals surface area contributed by atoms with Crippen LogP contribution in [0.15, 0.2) is 103 Å². The molecule has 9 nitrogen and oxygen atoms in total. The Morgan fingerprint density at radius 2 is 1.45 bits per heavy atom. The molecule has 0 fully saturated rings. The van der Waals surface area contributed by atoms with E-state index in [0.29, 0.717) is 60.6 Å². The van der Waals surface area contributed by atoms with Gasteiger partial charge in [0.1, 0.15) is 41.8 Å². The van der Waals surface area contributed by atoms with Gasteiger partial charge in [0.25, 0.3) is 5.69 Å². The van der Waals surface area contributed by atoms with Crippen LogP contribution >= 0.6 is 0 Å². The van der Waals surface area contributed by atoms with Crippen LogP contribution in [0.4, 0.5) is 5.69 Å². The standard InChI is InChI=1S/C31H28N2O7/c34-18-17-32-16-15-28(40-32)31-29(38-22-24-9-5-2-6-10-24)19-27(37-21-23-7-3-1-4-8-23)20-30(31)39-26-13-11-25(12-14-26)33(35)36/h1-15,19-20,34H,16-18,21-22H2. The minimum atomic E-state index is -0.463. The summed E-state index contributed by atoms with van der Waals surface area (Å²) in [7, 11) is 0. The van der Waals surface area contributed by atoms with Gasteiger partial charge in [0.2, 0.25) is 0 Å². The van der Waals surface area contributed by atoms with Gasteiger partial charge in [0.15, 0.2) is 5.76 Å². The van der Waals surface area contributed by atoms with E-state index in [1.165, 1.54) is 24.3 Å². The first-order valence-corrected chi connectivity index (χ1v) is 12.8. The number of nitro groups is 1. The number of non-ortho nitro benzene ring substituents is 1. The number of rotatable bonds is 12. The third-order valence-corrected chi connectivity index (χ3v) is 6.10. The van der Waals surface area contributed by atoms with Crippen LogP contribution in [0.2, 0.25) is 0 Å². The largest absolute Gasteiger partial charge is 0.489 e. The first kappa shape index (κ1) is 26.7. The van der Waals surface area contributed by atoms with Crippen LogP contribution in [0.25, 0.3) is 5.76 Å². The van der Waals surface area contributed by atoms with Crippen molar-refractivity contribution in [3.8, 4) is 23.0 Å². The lowest BCUT2D eigenvalue weighted by Gasteiger charge is -2.21. The van der Waals surface area contributed by atoms with Crippen molar-refractivity contribution in [2.45, 2.75) is 13.2 Å². The Morgan fingerprint density at radius 1 is 0.825 bits per heavy atom. The monoisotopic (exact) mass is 540 g/mol. The highest BCUT2D eigenvalue weighted by Crippen LogP contribution is 2.43. The number of hydrogen-bond acceptors (Lipinski definition) is 8. The molecule has 0 bridgehead atoms. The van der Waals surface area contributed by atoms with Gasteiger partial charge < -0.3 is 24.2 Å². The molecule has 40 heavy (non-hydrogen) atoms. The minimum Gasteiger partial charge on any atom is -0.489 e. The number of nitro benzene ring substituents is 1. The summed E-state index contributed by atoms with van der Waals surface area (Å²) in [4.78, 5) is 16.7. The Balaban J connectivity index is 1.53. The molecule has 4 aromatic rings. The summed E-state index contributed by atoms with van der Waals surface area (Å²) in [5.74, 6) is 2.27. The van der Waals surface area contributed by atoms with E-state index >= 15 is 0 Å². The van der Waals surface area contributed by atoms with Gasteiger partial charge in [-0.25, -0.2) is 0 Å². The van der Waals surface area contributed by atoms with Crippen molar-refractivity contribution in [2.75, 3.05) is 19.7 Å². The molecule has 0 spiro atoms. The second-order valence-corrected chi connectivity index (χ2v) is 8.97. The molecule has 204 valence electrons. The quantitative estimate of drug-likeness (QED) is 0.169. The summed E-state index contributed by atoms with van der Waals surface area (Å²) in [5, 5.41) is 22.2. The molecule has 0 saturated carbocycles. The number of hydroxylamine groups is 2. The summed E-state index contributed by atoms with van der Waals surface area (Å²) >= 11 is 0. The highest BCUT2D eigenvalue weighted by atomic mass is 16.7. The Bertz CT molecular complexity index is 1460. The molecule has 5 rings (SSSR count). The van der Waals surface area contributed by atoms with Crippen LogP contribution in [0.1, 0.15) is 16.7 Å². The fraction of sp³-hybridized carbons (Fsp3) is 0.161. The van der Waals surface area contributed by atoms with Gasteiger partial charge in [-0.1, -0.05) is 60.7 Å². The van der Waals surface area contributed by atoms with Crippen molar-refractivity contribution in [1.29, 1.82) is 0 Å². The molecule has 0 aliphatic carbocycles. The van der Waals surface area contributed by atoms with E-state index in [0.717, 1.165) is 11.1 Å². The van der Waals surface area contributed by atoms with E-state index in [-0.39, 0.29) is 12.3 Å². The number of aliphatic hydroxyl groups excluding tert-OH is 1. The molecule has 1 aliphatic heterocycles. The van der Waals surface area contributed by atoms with Gasteiger partial charge in [-0.3, -0.25) is 10.1 Å². The fourth-order valence-electron chi connectivity index (χ4n) is 4.12. The minimum absolute atomic E-state index is 0.0409. The zero-order valence-corrected chi connectivity index (χ0v) is 21.6. The maximum Gasteiger partial charge on any atom is 0.269 e. The summed E-state index contributed by atoms with van der Waals surface area (Å²) in [6.45, 7) is 1.37. The molecular weight excluding hydrogens is 512 g/mol. The third-order valence-electron chi connectivity index (χ3n) is 6.10. The molecule has 0 atom stereocenters. The number of benzene rings is 4. The predicted octanol–water partition coefficient (Wildman–Crippen LogP) is 6.13. The van der Waals surface area contributed by atoms with Crippen LogP contribution < -0.4 is 14.2 Å². The maximum atomic E-state index is 11.1. The van der Waals surface area contributed by atoms with Crippen LogP contribution in [0, 0.1) is 10.1 Å². The molecule has 1 N–H and O–H groups in total. The molecule has 1 heterocycles. The van der Waals surface area contributed by atoms with Crippen LogP contribution in [-0.2, 0) is 18.1 Å². The van der Waals surface area contributed by atoms with E-state index in [2.05, 4.69) is 0 Å². The number of ether oxygens (including phenoxy) is 3. The molecular formula is C31H28N2O7. The molecule has 1 aliphatic rings. The second-order valence-electron chi connectivity index (χ2n) is 8.97. The fourth-order valence-corrected chi connectivity index (χ4v) is 4.12. The lowest BCUT2D eigenvalue weighted by Crippen LogP contribution is -2.22. The molecule has 0 unspecified atom stereocenters. The van der Waals surface area contributed by atoms with Crippen molar-refractivity contribution < 1.29 is 29.1 Å². The lowest BCUT2D eigenvalue weighted by atomic mass is 10.1. The number of β-amino-alcohol motifs (C(OH)–C–C–N with tert-alkyl or cyclic N) is 1. The van der Waals surface area contributed by atoms with E-state index < -0.39 is 4.92 Å². The van der Waals surface area contributed by atoms with E-state index in [1.54, 1.807) is 17.2 Å². The summed E-state index contributed by atoms with van der Waals surface area (Å²) in [5.41, 5.74) is 2.49. The predicted molar refractivity (Wildman–Crippen MR) is 149 cm³/mol. The third kappa shape index (κ3) is 6.76. The topological polar surface area (TPSA) is 104 Å². The highest BCUT2D eigenvalue weighted by Gasteiger charge is 2.26. The average Bonchev–Trinajstić information content (AvgIpc) is 3.44. The van der Waals surface area contributed by atoms with Crippen LogP contribution in [0.3, 0.4) is 0 Å². The number of aliphatic hydroxyl groups is 1. The average molecular weight is 541 g/mol. The van der Waals surface area contributed by atoms with Crippen molar-refractivity contribution in [3.05, 3.63) is 130 Å². The van der Waals surface area contributed by atoms with E-state index in [1.807, 2.05) is 66.7 Å². The van der Waals surface area contributed by atoms with E-state index in [9.17, 15) is 15.2 Å². The van der Waals surface area contributed by atoms with Crippen molar-refractivity contribution in [3.63, 3.8) is 0 Å². The molecule has 0 amide bonds. The Labute approximate surface area is 231 Å². The lowest BCUT2D eigenvalue weighted by molar-refractivity contribution is -0.384. The van der Waals surface area contributed by atoms with Crippen molar-refractivity contribution >= 4 is 11.4 Å². The van der Waals surface area contributed by atoms with Crippen molar-refractivity contribution in [2.24, 2.45) is 0 Å². The zero-order valence-electron chi connectivity index (χ0n) is 21.6. The first-order valence-electron chi connectivity index (χ1n) is 12.8. The van der Waals surface area contributed by atoms with Gasteiger partial charge in [0, 0.05) is 24.3 Å². The van der Waals surface area contributed by atoms with Gasteiger partial charge >= 0.3 is 0 Å². The molecule has 0 saturated heterocycles. The summed E-state index contributed by atoms with van der Waals surface area (Å²) in [6, 6.07) is 28.9. The SMILES string of the molecule is O=[N+]([O-])c1ccc(Oc2cc(OCc3ccccc3)cc(OCc3ccccc3)c2C2=CCN(CCO)O2)cc1. The van der Waals surface area contributed by atoms with Gasteiger partial charge in [-0.05, 0) is 29.3 Å². The molecule has 0 aromatic heterocycles. The van der Waals surface area contributed by atoms with Gasteiger partial charge in [0.05, 0.1) is 24.6 Å². The van der Waals surface area contributed by atoms with E-state index in [4.69, 9.17) is 19.0 Å². The number of nitrogens with zero attached hydrogens (tertiary/aromatic N) is 2. The highest BCUT2D eigenvalue weighted by molar-refractivity contribution is 5.74. The van der Waals surface area contributed by atoms with Crippen LogP contribution in [0.5, 0.6) is 23.0 Å². The maximum absolute atomic E-state index is 11.1. The summed E-state index contributed by atoms with van der Waals surface area (Å²) < 4.78 is 18.7. The second kappa shape index (κ2) is 12.8. The van der Waals surface area contributed by atoms with Crippen molar-refractivity contribution in [1.82, 2.24) is 5.06 Å². The van der Waals surface area contributed by atoms with Gasteiger partial charge in [-0.2, -0.15) is 0 Å².